The molecule has 0 aromatic heterocycles. The van der Waals surface area contributed by atoms with E-state index in [1.807, 2.05) is 19.1 Å². The van der Waals surface area contributed by atoms with Gasteiger partial charge >= 0.3 is 0 Å². The van der Waals surface area contributed by atoms with E-state index in [0.29, 0.717) is 34.0 Å². The van der Waals surface area contributed by atoms with Crippen LogP contribution in [0, 0.1) is 17.0 Å². The van der Waals surface area contributed by atoms with Gasteiger partial charge in [0.15, 0.2) is 0 Å². The van der Waals surface area contributed by atoms with Crippen LogP contribution < -0.4 is 20.9 Å². The first-order chi connectivity index (χ1) is 14.9. The minimum atomic E-state index is -0.645. The SMILES string of the molecule is COC(c1ccc(N)c(OCCOc2cc(C)ccc2N)c1)c1ccccc1[N+](=O)[O-]. The summed E-state index contributed by atoms with van der Waals surface area (Å²) in [6.45, 7) is 2.47. The van der Waals surface area contributed by atoms with Crippen LogP contribution in [0.5, 0.6) is 11.5 Å². The molecule has 0 fully saturated rings. The lowest BCUT2D eigenvalue weighted by Crippen LogP contribution is -2.12. The van der Waals surface area contributed by atoms with E-state index in [9.17, 15) is 10.1 Å². The Kier molecular flexibility index (Phi) is 6.94. The van der Waals surface area contributed by atoms with Crippen LogP contribution in [0.25, 0.3) is 0 Å². The fourth-order valence-corrected chi connectivity index (χ4v) is 3.23. The molecule has 0 saturated carbocycles. The molecule has 0 aliphatic heterocycles. The number of nitrogen functional groups attached to an aromatic ring is 2. The molecule has 0 heterocycles. The summed E-state index contributed by atoms with van der Waals surface area (Å²) >= 11 is 0. The van der Waals surface area contributed by atoms with Gasteiger partial charge in [-0.05, 0) is 48.4 Å². The van der Waals surface area contributed by atoms with Gasteiger partial charge in [0.2, 0.25) is 0 Å². The second-order valence-electron chi connectivity index (χ2n) is 6.97. The molecule has 3 aromatic rings. The first kappa shape index (κ1) is 21.9. The number of nitro groups is 1. The third-order valence-corrected chi connectivity index (χ3v) is 4.76. The van der Waals surface area contributed by atoms with Crippen LogP contribution in [0.1, 0.15) is 22.8 Å². The van der Waals surface area contributed by atoms with Gasteiger partial charge in [-0.15, -0.1) is 0 Å². The summed E-state index contributed by atoms with van der Waals surface area (Å²) in [6.07, 6.45) is -0.645. The number of methoxy groups -OCH3 is 1. The number of nitrogens with two attached hydrogens (primary N) is 2. The smallest absolute Gasteiger partial charge is 0.275 e. The molecule has 0 radical (unpaired) electrons. The highest BCUT2D eigenvalue weighted by Gasteiger charge is 2.23. The van der Waals surface area contributed by atoms with Crippen molar-refractivity contribution in [3.05, 3.63) is 87.5 Å². The zero-order valence-electron chi connectivity index (χ0n) is 17.4. The van der Waals surface area contributed by atoms with Gasteiger partial charge in [0.25, 0.3) is 5.69 Å². The zero-order valence-corrected chi connectivity index (χ0v) is 17.4. The Morgan fingerprint density at radius 3 is 2.19 bits per heavy atom. The summed E-state index contributed by atoms with van der Waals surface area (Å²) in [5.41, 5.74) is 15.1. The number of nitrogens with zero attached hydrogens (tertiary/aromatic N) is 1. The maximum Gasteiger partial charge on any atom is 0.275 e. The number of ether oxygens (including phenoxy) is 3. The molecule has 0 aliphatic rings. The van der Waals surface area contributed by atoms with E-state index in [2.05, 4.69) is 0 Å². The number of aryl methyl sites for hydroxylation is 1. The molecular weight excluding hydrogens is 398 g/mol. The van der Waals surface area contributed by atoms with Crippen molar-refractivity contribution in [3.63, 3.8) is 0 Å². The number of nitro benzene ring substituents is 1. The quantitative estimate of drug-likeness (QED) is 0.228. The fourth-order valence-electron chi connectivity index (χ4n) is 3.23. The summed E-state index contributed by atoms with van der Waals surface area (Å²) in [6, 6.07) is 17.2. The molecule has 3 rings (SSSR count). The van der Waals surface area contributed by atoms with E-state index >= 15 is 0 Å². The predicted octanol–water partition coefficient (Wildman–Crippen LogP) is 4.26. The molecule has 0 aliphatic carbocycles. The summed E-state index contributed by atoms with van der Waals surface area (Å²) in [5.74, 6) is 1.04. The third-order valence-electron chi connectivity index (χ3n) is 4.76. The molecule has 1 atom stereocenters. The van der Waals surface area contributed by atoms with Crippen LogP contribution in [0.2, 0.25) is 0 Å². The summed E-state index contributed by atoms with van der Waals surface area (Å²) < 4.78 is 17.1. The van der Waals surface area contributed by atoms with Crippen molar-refractivity contribution in [1.82, 2.24) is 0 Å². The number of benzene rings is 3. The molecule has 0 saturated heterocycles. The van der Waals surface area contributed by atoms with Gasteiger partial charge in [0.05, 0.1) is 21.9 Å². The third kappa shape index (κ3) is 5.23. The second kappa shape index (κ2) is 9.82. The van der Waals surface area contributed by atoms with Crippen LogP contribution in [0.3, 0.4) is 0 Å². The van der Waals surface area contributed by atoms with E-state index in [0.717, 1.165) is 5.56 Å². The van der Waals surface area contributed by atoms with Gasteiger partial charge in [0.1, 0.15) is 30.8 Å². The number of hydrogen-bond acceptors (Lipinski definition) is 7. The Bertz CT molecular complexity index is 1070. The largest absolute Gasteiger partial charge is 0.488 e. The second-order valence-corrected chi connectivity index (χ2v) is 6.97. The lowest BCUT2D eigenvalue weighted by molar-refractivity contribution is -0.386. The molecule has 31 heavy (non-hydrogen) atoms. The summed E-state index contributed by atoms with van der Waals surface area (Å²) in [4.78, 5) is 11.0. The van der Waals surface area contributed by atoms with Crippen LogP contribution >= 0.6 is 0 Å². The Labute approximate surface area is 180 Å². The number of hydrogen-bond donors (Lipinski definition) is 2. The van der Waals surface area contributed by atoms with Crippen LogP contribution in [-0.2, 0) is 4.74 Å². The first-order valence-electron chi connectivity index (χ1n) is 9.68. The first-order valence-corrected chi connectivity index (χ1v) is 9.68. The fraction of sp³-hybridized carbons (Fsp3) is 0.217. The molecule has 8 heteroatoms. The normalized spacial score (nSPS) is 11.7. The number of anilines is 2. The maximum atomic E-state index is 11.4. The Balaban J connectivity index is 1.74. The zero-order chi connectivity index (χ0) is 22.4. The predicted molar refractivity (Wildman–Crippen MR) is 119 cm³/mol. The van der Waals surface area contributed by atoms with Crippen molar-refractivity contribution in [2.24, 2.45) is 0 Å². The molecule has 3 aromatic carbocycles. The van der Waals surface area contributed by atoms with Crippen LogP contribution in [0.4, 0.5) is 17.1 Å². The number of rotatable bonds is 9. The van der Waals surface area contributed by atoms with E-state index < -0.39 is 11.0 Å². The van der Waals surface area contributed by atoms with Crippen LogP contribution in [-0.4, -0.2) is 25.2 Å². The van der Waals surface area contributed by atoms with Crippen molar-refractivity contribution in [2.45, 2.75) is 13.0 Å². The monoisotopic (exact) mass is 423 g/mol. The Hall–Kier alpha value is -3.78. The highest BCUT2D eigenvalue weighted by molar-refractivity contribution is 5.56. The van der Waals surface area contributed by atoms with Gasteiger partial charge in [-0.25, -0.2) is 0 Å². The topological polar surface area (TPSA) is 123 Å². The van der Waals surface area contributed by atoms with Gasteiger partial charge in [-0.1, -0.05) is 24.3 Å². The molecule has 0 amide bonds. The van der Waals surface area contributed by atoms with Crippen molar-refractivity contribution in [2.75, 3.05) is 31.8 Å². The van der Waals surface area contributed by atoms with Gasteiger partial charge in [0, 0.05) is 13.2 Å². The van der Waals surface area contributed by atoms with Crippen molar-refractivity contribution >= 4 is 17.1 Å². The highest BCUT2D eigenvalue weighted by Crippen LogP contribution is 2.35. The van der Waals surface area contributed by atoms with Crippen LogP contribution in [0.15, 0.2) is 60.7 Å². The Morgan fingerprint density at radius 1 is 0.935 bits per heavy atom. The van der Waals surface area contributed by atoms with E-state index in [4.69, 9.17) is 25.7 Å². The average Bonchev–Trinajstić information content (AvgIpc) is 2.76. The maximum absolute atomic E-state index is 11.4. The molecule has 8 nitrogen and oxygen atoms in total. The lowest BCUT2D eigenvalue weighted by Gasteiger charge is -2.18. The minimum absolute atomic E-state index is 0.0159. The summed E-state index contributed by atoms with van der Waals surface area (Å²) in [7, 11) is 1.50. The Morgan fingerprint density at radius 2 is 1.55 bits per heavy atom. The van der Waals surface area contributed by atoms with Gasteiger partial charge < -0.3 is 25.7 Å². The molecule has 4 N–H and O–H groups in total. The molecular formula is C23H25N3O5. The number of para-hydroxylation sites is 1. The lowest BCUT2D eigenvalue weighted by atomic mass is 9.99. The van der Waals surface area contributed by atoms with Crippen molar-refractivity contribution in [3.8, 4) is 11.5 Å². The highest BCUT2D eigenvalue weighted by atomic mass is 16.6. The molecule has 162 valence electrons. The van der Waals surface area contributed by atoms with E-state index in [1.54, 1.807) is 42.5 Å². The standard InChI is InChI=1S/C23H25N3O5/c1-15-7-9-18(24)21(13-15)30-11-12-31-22-14-16(8-10-19(22)25)23(29-2)17-5-3-4-6-20(17)26(27)28/h3-10,13-14,23H,11-12,24-25H2,1-2H3. The molecule has 1 unspecified atom stereocenters. The summed E-state index contributed by atoms with van der Waals surface area (Å²) in [5, 5.41) is 11.4. The van der Waals surface area contributed by atoms with E-state index in [-0.39, 0.29) is 18.9 Å². The van der Waals surface area contributed by atoms with Gasteiger partial charge in [-0.3, -0.25) is 10.1 Å². The van der Waals surface area contributed by atoms with E-state index in [1.165, 1.54) is 13.2 Å². The van der Waals surface area contributed by atoms with Crippen molar-refractivity contribution < 1.29 is 19.1 Å². The average molecular weight is 423 g/mol. The molecule has 0 bridgehead atoms. The molecule has 0 spiro atoms. The van der Waals surface area contributed by atoms with Crippen molar-refractivity contribution in [1.29, 1.82) is 0 Å². The minimum Gasteiger partial charge on any atom is -0.488 e. The van der Waals surface area contributed by atoms with Gasteiger partial charge in [-0.2, -0.15) is 0 Å².